The number of aromatic nitrogens is 1. The number of halogens is 1. The lowest BCUT2D eigenvalue weighted by atomic mass is 9.55. The molecule has 2 aliphatic carbocycles. The van der Waals surface area contributed by atoms with E-state index in [9.17, 15) is 4.39 Å². The molecule has 1 aliphatic heterocycles. The third kappa shape index (κ3) is 2.46. The zero-order valence-electron chi connectivity index (χ0n) is 15.6. The first-order chi connectivity index (χ1) is 11.9. The zero-order chi connectivity index (χ0) is 17.4. The largest absolute Gasteiger partial charge is 0.347 e. The fourth-order valence-electron chi connectivity index (χ4n) is 6.19. The van der Waals surface area contributed by atoms with E-state index in [2.05, 4.69) is 36.9 Å². The molecule has 25 heavy (non-hydrogen) atoms. The molecule has 3 atom stereocenters. The van der Waals surface area contributed by atoms with Gasteiger partial charge in [-0.1, -0.05) is 20.8 Å². The van der Waals surface area contributed by atoms with Crippen LogP contribution in [0.5, 0.6) is 0 Å². The number of fused-ring (bicyclic) bond motifs is 3. The van der Waals surface area contributed by atoms with Gasteiger partial charge in [-0.3, -0.25) is 0 Å². The highest BCUT2D eigenvalue weighted by atomic mass is 19.1. The number of hydrogen-bond acceptors (Lipinski definition) is 1. The Morgan fingerprint density at radius 3 is 2.76 bits per heavy atom. The molecule has 2 bridgehead atoms. The highest BCUT2D eigenvalue weighted by Gasteiger charge is 2.54. The predicted octanol–water partition coefficient (Wildman–Crippen LogP) is 5.07. The van der Waals surface area contributed by atoms with Crippen LogP contribution in [0.3, 0.4) is 0 Å². The normalized spacial score (nSPS) is 33.9. The van der Waals surface area contributed by atoms with Gasteiger partial charge in [-0.25, -0.2) is 4.39 Å². The zero-order valence-corrected chi connectivity index (χ0v) is 15.6. The van der Waals surface area contributed by atoms with E-state index in [0.29, 0.717) is 17.4 Å². The molecule has 1 N–H and O–H groups in total. The maximum Gasteiger partial charge on any atom is 0.125 e. The summed E-state index contributed by atoms with van der Waals surface area (Å²) < 4.78 is 16.3. The second kappa shape index (κ2) is 5.09. The first-order valence-electron chi connectivity index (χ1n) is 9.87. The molecule has 3 fully saturated rings. The monoisotopic (exact) mass is 340 g/mol. The summed E-state index contributed by atoms with van der Waals surface area (Å²) in [5.41, 5.74) is 3.09. The third-order valence-corrected chi connectivity index (χ3v) is 7.10. The van der Waals surface area contributed by atoms with Gasteiger partial charge in [0.05, 0.1) is 5.52 Å². The Hall–Kier alpha value is -1.35. The van der Waals surface area contributed by atoms with E-state index in [1.807, 2.05) is 6.07 Å². The smallest absolute Gasteiger partial charge is 0.125 e. The van der Waals surface area contributed by atoms with Crippen molar-refractivity contribution in [2.45, 2.75) is 65.0 Å². The molecule has 3 unspecified atom stereocenters. The molecular formula is C22H29FN2. The van der Waals surface area contributed by atoms with E-state index >= 15 is 0 Å². The first kappa shape index (κ1) is 15.9. The molecule has 5 rings (SSSR count). The van der Waals surface area contributed by atoms with Crippen LogP contribution in [-0.4, -0.2) is 17.2 Å². The Morgan fingerprint density at radius 1 is 1.20 bits per heavy atom. The molecule has 2 heterocycles. The van der Waals surface area contributed by atoms with E-state index < -0.39 is 0 Å². The van der Waals surface area contributed by atoms with Crippen LogP contribution in [-0.2, 0) is 6.54 Å². The maximum atomic E-state index is 14.0. The lowest BCUT2D eigenvalue weighted by Gasteiger charge is -2.48. The minimum Gasteiger partial charge on any atom is -0.347 e. The van der Waals surface area contributed by atoms with E-state index in [1.165, 1.54) is 36.6 Å². The fraction of sp³-hybridized carbons (Fsp3) is 0.636. The Morgan fingerprint density at radius 2 is 2.00 bits per heavy atom. The predicted molar refractivity (Wildman–Crippen MR) is 100 cm³/mol. The average Bonchev–Trinajstić information content (AvgIpc) is 3.20. The molecule has 0 spiro atoms. The Balaban J connectivity index is 1.68. The van der Waals surface area contributed by atoms with Gasteiger partial charge in [-0.15, -0.1) is 0 Å². The van der Waals surface area contributed by atoms with Gasteiger partial charge in [0, 0.05) is 30.7 Å². The molecule has 3 aliphatic rings. The number of nitrogens with one attached hydrogen (secondary N) is 1. The summed E-state index contributed by atoms with van der Waals surface area (Å²) in [7, 11) is 0. The van der Waals surface area contributed by atoms with E-state index in [4.69, 9.17) is 0 Å². The molecule has 1 aromatic carbocycles. The molecule has 134 valence electrons. The number of hydrogen-bond donors (Lipinski definition) is 1. The van der Waals surface area contributed by atoms with Crippen LogP contribution in [0, 0.1) is 22.6 Å². The quantitative estimate of drug-likeness (QED) is 0.825. The fourth-order valence-corrected chi connectivity index (χ4v) is 6.19. The van der Waals surface area contributed by atoms with Crippen LogP contribution in [0.4, 0.5) is 4.39 Å². The van der Waals surface area contributed by atoms with Crippen LogP contribution in [0.25, 0.3) is 10.9 Å². The number of rotatable bonds is 3. The van der Waals surface area contributed by atoms with Gasteiger partial charge in [0.2, 0.25) is 0 Å². The Labute approximate surface area is 149 Å². The molecular weight excluding hydrogens is 311 g/mol. The summed E-state index contributed by atoms with van der Waals surface area (Å²) in [6.45, 7) is 9.47. The lowest BCUT2D eigenvalue weighted by molar-refractivity contribution is 0.0918. The minimum atomic E-state index is -0.120. The second-order valence-electron chi connectivity index (χ2n) is 9.90. The third-order valence-electron chi connectivity index (χ3n) is 7.10. The van der Waals surface area contributed by atoms with Crippen molar-refractivity contribution < 1.29 is 4.39 Å². The summed E-state index contributed by atoms with van der Waals surface area (Å²) in [6, 6.07) is 6.07. The Kier molecular flexibility index (Phi) is 3.23. The summed E-state index contributed by atoms with van der Waals surface area (Å²) >= 11 is 0. The molecule has 2 aromatic rings. The lowest BCUT2D eigenvalue weighted by Crippen LogP contribution is -2.41. The van der Waals surface area contributed by atoms with Crippen LogP contribution >= 0.6 is 0 Å². The van der Waals surface area contributed by atoms with E-state index in [0.717, 1.165) is 24.5 Å². The van der Waals surface area contributed by atoms with Gasteiger partial charge >= 0.3 is 0 Å². The van der Waals surface area contributed by atoms with Crippen LogP contribution in [0.1, 0.15) is 57.9 Å². The first-order valence-corrected chi connectivity index (χ1v) is 9.87. The number of benzene rings is 1. The van der Waals surface area contributed by atoms with Crippen molar-refractivity contribution in [2.24, 2.45) is 16.7 Å². The van der Waals surface area contributed by atoms with Gasteiger partial charge < -0.3 is 9.88 Å². The highest BCUT2D eigenvalue weighted by Crippen LogP contribution is 2.59. The van der Waals surface area contributed by atoms with Crippen LogP contribution in [0.15, 0.2) is 24.4 Å². The van der Waals surface area contributed by atoms with E-state index in [1.54, 1.807) is 12.1 Å². The molecule has 2 nitrogen and oxygen atoms in total. The average molecular weight is 340 g/mol. The second-order valence-corrected chi connectivity index (χ2v) is 9.90. The van der Waals surface area contributed by atoms with Crippen molar-refractivity contribution in [2.75, 3.05) is 6.54 Å². The van der Waals surface area contributed by atoms with Gasteiger partial charge in [-0.2, -0.15) is 0 Å². The SMILES string of the molecule is CC1(C)CC2CC(C)(CN2)C1c1cn(CC2CC2)c2cc(F)ccc12. The van der Waals surface area contributed by atoms with Crippen molar-refractivity contribution in [1.82, 2.24) is 9.88 Å². The standard InChI is InChI=1S/C22H29FN2/c1-21(2)9-16-10-22(3,13-24-16)20(21)18-12-25(11-14-4-5-14)19-8-15(23)6-7-17(18)19/h6-8,12,14,16,20,24H,4-5,9-11,13H2,1-3H3. The van der Waals surface area contributed by atoms with Gasteiger partial charge in [-0.05, 0) is 72.1 Å². The molecule has 1 aromatic heterocycles. The molecule has 0 radical (unpaired) electrons. The molecule has 3 heteroatoms. The van der Waals surface area contributed by atoms with Crippen molar-refractivity contribution in [3.8, 4) is 0 Å². The van der Waals surface area contributed by atoms with Crippen molar-refractivity contribution >= 4 is 10.9 Å². The van der Waals surface area contributed by atoms with Crippen LogP contribution in [0.2, 0.25) is 0 Å². The summed E-state index contributed by atoms with van der Waals surface area (Å²) in [5.74, 6) is 1.18. The van der Waals surface area contributed by atoms with E-state index in [-0.39, 0.29) is 11.2 Å². The van der Waals surface area contributed by atoms with Gasteiger partial charge in [0.25, 0.3) is 0 Å². The van der Waals surface area contributed by atoms with Crippen molar-refractivity contribution in [1.29, 1.82) is 0 Å². The van der Waals surface area contributed by atoms with Crippen LogP contribution < -0.4 is 5.32 Å². The van der Waals surface area contributed by atoms with Crippen molar-refractivity contribution in [3.05, 3.63) is 35.8 Å². The summed E-state index contributed by atoms with van der Waals surface area (Å²) in [4.78, 5) is 0. The Bertz CT molecular complexity index is 832. The highest BCUT2D eigenvalue weighted by molar-refractivity contribution is 5.85. The minimum absolute atomic E-state index is 0.120. The topological polar surface area (TPSA) is 17.0 Å². The van der Waals surface area contributed by atoms with Crippen molar-refractivity contribution in [3.63, 3.8) is 0 Å². The summed E-state index contributed by atoms with van der Waals surface area (Å²) in [5, 5.41) is 5.02. The summed E-state index contributed by atoms with van der Waals surface area (Å²) in [6.07, 6.45) is 7.51. The molecule has 0 amide bonds. The maximum absolute atomic E-state index is 14.0. The molecule has 2 saturated carbocycles. The molecule has 1 saturated heterocycles. The number of nitrogens with zero attached hydrogens (tertiary/aromatic N) is 1. The van der Waals surface area contributed by atoms with Gasteiger partial charge in [0.15, 0.2) is 0 Å². The van der Waals surface area contributed by atoms with Gasteiger partial charge in [0.1, 0.15) is 5.82 Å².